The summed E-state index contributed by atoms with van der Waals surface area (Å²) in [7, 11) is 0. The molecule has 0 aromatic carbocycles. The van der Waals surface area contributed by atoms with Gasteiger partial charge in [0.15, 0.2) is 0 Å². The minimum absolute atomic E-state index is 0.687. The largest absolute Gasteiger partial charge is 0.0770 e. The third-order valence-corrected chi connectivity index (χ3v) is 3.97. The van der Waals surface area contributed by atoms with Crippen molar-refractivity contribution in [2.75, 3.05) is 0 Å². The van der Waals surface area contributed by atoms with E-state index in [4.69, 9.17) is 0 Å². The summed E-state index contributed by atoms with van der Waals surface area (Å²) in [6.07, 6.45) is 20.7. The van der Waals surface area contributed by atoms with Crippen molar-refractivity contribution in [2.45, 2.75) is 32.1 Å². The molecule has 0 heteroatoms. The van der Waals surface area contributed by atoms with Crippen molar-refractivity contribution in [3.8, 4) is 0 Å². The van der Waals surface area contributed by atoms with Crippen LogP contribution in [0.1, 0.15) is 32.1 Å². The van der Waals surface area contributed by atoms with Crippen molar-refractivity contribution in [2.24, 2.45) is 11.8 Å². The fourth-order valence-corrected chi connectivity index (χ4v) is 3.12. The zero-order valence-corrected chi connectivity index (χ0v) is 9.15. The van der Waals surface area contributed by atoms with Crippen molar-refractivity contribution in [3.63, 3.8) is 0 Å². The van der Waals surface area contributed by atoms with Gasteiger partial charge in [0.1, 0.15) is 0 Å². The molecule has 78 valence electrons. The monoisotopic (exact) mass is 198 g/mol. The Labute approximate surface area is 92.1 Å². The van der Waals surface area contributed by atoms with Crippen LogP contribution in [0, 0.1) is 11.8 Å². The molecule has 1 fully saturated rings. The summed E-state index contributed by atoms with van der Waals surface area (Å²) in [5, 5.41) is 0. The van der Waals surface area contributed by atoms with Gasteiger partial charge in [-0.25, -0.2) is 0 Å². The van der Waals surface area contributed by atoms with Gasteiger partial charge in [0.25, 0.3) is 0 Å². The lowest BCUT2D eigenvalue weighted by Crippen LogP contribution is -2.19. The van der Waals surface area contributed by atoms with E-state index in [1.807, 2.05) is 0 Å². The first-order valence-corrected chi connectivity index (χ1v) is 6.19. The maximum atomic E-state index is 2.48. The summed E-state index contributed by atoms with van der Waals surface area (Å²) in [6, 6.07) is 0. The summed E-state index contributed by atoms with van der Waals surface area (Å²) in [6.45, 7) is 0. The molecule has 0 N–H and O–H groups in total. The number of hydrogen-bond acceptors (Lipinski definition) is 0. The van der Waals surface area contributed by atoms with Crippen LogP contribution in [-0.2, 0) is 0 Å². The Kier molecular flexibility index (Phi) is 2.36. The minimum Gasteiger partial charge on any atom is -0.0770 e. The molecule has 0 heterocycles. The highest BCUT2D eigenvalue weighted by Crippen LogP contribution is 2.41. The van der Waals surface area contributed by atoms with Crippen molar-refractivity contribution in [1.29, 1.82) is 0 Å². The summed E-state index contributed by atoms with van der Waals surface area (Å²) < 4.78 is 0. The summed E-state index contributed by atoms with van der Waals surface area (Å²) >= 11 is 0. The van der Waals surface area contributed by atoms with Crippen LogP contribution < -0.4 is 0 Å². The molecule has 3 aliphatic rings. The second-order valence-corrected chi connectivity index (χ2v) is 4.94. The highest BCUT2D eigenvalue weighted by molar-refractivity contribution is 5.39. The van der Waals surface area contributed by atoms with Crippen LogP contribution in [0.4, 0.5) is 0 Å². The van der Waals surface area contributed by atoms with Crippen LogP contribution in [0.5, 0.6) is 0 Å². The lowest BCUT2D eigenvalue weighted by atomic mass is 9.72. The van der Waals surface area contributed by atoms with E-state index in [0.717, 1.165) is 5.92 Å². The average molecular weight is 198 g/mol. The lowest BCUT2D eigenvalue weighted by Gasteiger charge is -2.33. The Morgan fingerprint density at radius 3 is 3.07 bits per heavy atom. The van der Waals surface area contributed by atoms with Crippen molar-refractivity contribution in [3.05, 3.63) is 47.6 Å². The first-order valence-electron chi connectivity index (χ1n) is 6.19. The smallest absolute Gasteiger partial charge is 0.00267 e. The van der Waals surface area contributed by atoms with E-state index in [1.54, 1.807) is 5.57 Å². The first-order chi connectivity index (χ1) is 7.43. The molecule has 3 aliphatic carbocycles. The van der Waals surface area contributed by atoms with E-state index >= 15 is 0 Å². The van der Waals surface area contributed by atoms with Crippen molar-refractivity contribution < 1.29 is 0 Å². The molecular weight excluding hydrogens is 180 g/mol. The molecular formula is C15H18. The Hall–Kier alpha value is -1.04. The third kappa shape index (κ3) is 1.73. The van der Waals surface area contributed by atoms with Crippen LogP contribution in [0.2, 0.25) is 0 Å². The summed E-state index contributed by atoms with van der Waals surface area (Å²) in [5.74, 6) is 1.58. The molecule has 2 atom stereocenters. The summed E-state index contributed by atoms with van der Waals surface area (Å²) in [4.78, 5) is 0. The van der Waals surface area contributed by atoms with E-state index in [9.17, 15) is 0 Å². The number of rotatable bonds is 0. The van der Waals surface area contributed by atoms with Gasteiger partial charge in [0, 0.05) is 5.92 Å². The number of fused-ring (bicyclic) bond motifs is 2. The molecule has 0 aliphatic heterocycles. The molecule has 0 aromatic rings. The highest BCUT2D eigenvalue weighted by Gasteiger charge is 2.27. The zero-order valence-electron chi connectivity index (χ0n) is 9.15. The Bertz CT molecular complexity index is 365. The maximum Gasteiger partial charge on any atom is 0.00267 e. The molecule has 0 amide bonds. The highest BCUT2D eigenvalue weighted by atomic mass is 14.3. The lowest BCUT2D eigenvalue weighted by molar-refractivity contribution is 0.390. The van der Waals surface area contributed by atoms with Gasteiger partial charge in [-0.15, -0.1) is 0 Å². The van der Waals surface area contributed by atoms with Crippen molar-refractivity contribution >= 4 is 0 Å². The molecule has 3 rings (SSSR count). The van der Waals surface area contributed by atoms with Crippen LogP contribution in [-0.4, -0.2) is 0 Å². The molecule has 0 saturated heterocycles. The van der Waals surface area contributed by atoms with Gasteiger partial charge in [0.05, 0.1) is 0 Å². The fraction of sp³-hybridized carbons (Fsp3) is 0.467. The molecule has 0 nitrogen and oxygen atoms in total. The SMILES string of the molecule is C1=CC=C2C=C3CCCCC3CC2C=C1. The number of allylic oxidation sites excluding steroid dienone is 8. The molecule has 15 heavy (non-hydrogen) atoms. The van der Waals surface area contributed by atoms with E-state index in [2.05, 4.69) is 36.5 Å². The van der Waals surface area contributed by atoms with Crippen LogP contribution in [0.3, 0.4) is 0 Å². The van der Waals surface area contributed by atoms with Crippen molar-refractivity contribution in [1.82, 2.24) is 0 Å². The predicted molar refractivity (Wildman–Crippen MR) is 64.5 cm³/mol. The Balaban J connectivity index is 1.94. The molecule has 2 unspecified atom stereocenters. The fourth-order valence-electron chi connectivity index (χ4n) is 3.12. The van der Waals surface area contributed by atoms with Gasteiger partial charge < -0.3 is 0 Å². The third-order valence-electron chi connectivity index (χ3n) is 3.97. The first kappa shape index (κ1) is 9.21. The van der Waals surface area contributed by atoms with Gasteiger partial charge >= 0.3 is 0 Å². The van der Waals surface area contributed by atoms with Crippen LogP contribution >= 0.6 is 0 Å². The summed E-state index contributed by atoms with van der Waals surface area (Å²) in [5.41, 5.74) is 3.26. The van der Waals surface area contributed by atoms with Gasteiger partial charge in [-0.2, -0.15) is 0 Å². The minimum atomic E-state index is 0.687. The van der Waals surface area contributed by atoms with Crippen LogP contribution in [0.15, 0.2) is 47.6 Å². The Morgan fingerprint density at radius 1 is 1.07 bits per heavy atom. The van der Waals surface area contributed by atoms with Gasteiger partial charge in [-0.1, -0.05) is 48.5 Å². The van der Waals surface area contributed by atoms with Gasteiger partial charge in [-0.05, 0) is 37.2 Å². The predicted octanol–water partition coefficient (Wildman–Crippen LogP) is 4.18. The standard InChI is InChI=1S/C15H18/c1-2-6-12-10-14-8-4-5-9-15(14)11-13(12)7-3-1/h1-3,6-7,10,13,15H,4-5,8-9,11H2. The Morgan fingerprint density at radius 2 is 2.07 bits per heavy atom. The molecule has 0 aromatic heterocycles. The van der Waals surface area contributed by atoms with Crippen LogP contribution in [0.25, 0.3) is 0 Å². The normalized spacial score (nSPS) is 33.6. The van der Waals surface area contributed by atoms with E-state index in [0.29, 0.717) is 5.92 Å². The van der Waals surface area contributed by atoms with Gasteiger partial charge in [0.2, 0.25) is 0 Å². The topological polar surface area (TPSA) is 0 Å². The molecule has 0 bridgehead atoms. The second kappa shape index (κ2) is 3.84. The average Bonchev–Trinajstić information content (AvgIpc) is 2.50. The number of hydrogen-bond donors (Lipinski definition) is 0. The quantitative estimate of drug-likeness (QED) is 0.548. The van der Waals surface area contributed by atoms with Gasteiger partial charge in [-0.3, -0.25) is 0 Å². The second-order valence-electron chi connectivity index (χ2n) is 4.94. The van der Waals surface area contributed by atoms with E-state index < -0.39 is 0 Å². The van der Waals surface area contributed by atoms with E-state index in [-0.39, 0.29) is 0 Å². The zero-order chi connectivity index (χ0) is 10.1. The maximum absolute atomic E-state index is 2.48. The molecule has 0 spiro atoms. The molecule has 1 saturated carbocycles. The molecule has 0 radical (unpaired) electrons. The van der Waals surface area contributed by atoms with E-state index in [1.165, 1.54) is 37.7 Å².